The Morgan fingerprint density at radius 2 is 1.92 bits per heavy atom. The van der Waals surface area contributed by atoms with Crippen LogP contribution in [0, 0.1) is 5.92 Å². The van der Waals surface area contributed by atoms with Gasteiger partial charge in [0.1, 0.15) is 0 Å². The van der Waals surface area contributed by atoms with Gasteiger partial charge in [-0.2, -0.15) is 0 Å². The molecule has 0 bridgehead atoms. The molecule has 0 aliphatic carbocycles. The Morgan fingerprint density at radius 1 is 1.38 bits per heavy atom. The van der Waals surface area contributed by atoms with E-state index in [1.165, 1.54) is 12.8 Å². The predicted octanol–water partition coefficient (Wildman–Crippen LogP) is 2.00. The van der Waals surface area contributed by atoms with E-state index in [0.717, 1.165) is 24.1 Å². The van der Waals surface area contributed by atoms with Crippen molar-refractivity contribution in [2.45, 2.75) is 39.7 Å². The van der Waals surface area contributed by atoms with Gasteiger partial charge >= 0.3 is 0 Å². The largest absolute Gasteiger partial charge is 0.360 e. The molecule has 1 aliphatic heterocycles. The molecule has 2 nitrogen and oxygen atoms in total. The number of piperidine rings is 1. The van der Waals surface area contributed by atoms with Crippen molar-refractivity contribution in [1.29, 1.82) is 0 Å². The number of hydrogen-bond donors (Lipinski definition) is 1. The van der Waals surface area contributed by atoms with Gasteiger partial charge in [0.15, 0.2) is 5.11 Å². The molecule has 0 aromatic heterocycles. The lowest BCUT2D eigenvalue weighted by Crippen LogP contribution is -2.46. The summed E-state index contributed by atoms with van der Waals surface area (Å²) in [7, 11) is 0. The molecule has 1 aliphatic rings. The van der Waals surface area contributed by atoms with E-state index in [-0.39, 0.29) is 0 Å². The first-order valence-electron chi connectivity index (χ1n) is 5.15. The lowest BCUT2D eigenvalue weighted by molar-refractivity contribution is 0.276. The molecule has 0 amide bonds. The lowest BCUT2D eigenvalue weighted by atomic mass is 10.00. The summed E-state index contributed by atoms with van der Waals surface area (Å²) in [5.41, 5.74) is 0. The number of likely N-dealkylation sites (tertiary alicyclic amines) is 1. The Hall–Kier alpha value is -0.310. The second-order valence-electron chi connectivity index (χ2n) is 4.27. The Balaban J connectivity index is 2.31. The first kappa shape index (κ1) is 10.8. The van der Waals surface area contributed by atoms with Gasteiger partial charge in [-0.25, -0.2) is 0 Å². The van der Waals surface area contributed by atoms with E-state index in [1.54, 1.807) is 0 Å². The van der Waals surface area contributed by atoms with E-state index in [1.807, 2.05) is 0 Å². The van der Waals surface area contributed by atoms with Gasteiger partial charge in [-0.15, -0.1) is 0 Å². The second kappa shape index (κ2) is 4.80. The third-order valence-electron chi connectivity index (χ3n) is 2.48. The molecule has 1 N–H and O–H groups in total. The van der Waals surface area contributed by atoms with E-state index in [9.17, 15) is 0 Å². The number of hydrogen-bond acceptors (Lipinski definition) is 1. The van der Waals surface area contributed by atoms with Crippen molar-refractivity contribution >= 4 is 17.3 Å². The third-order valence-corrected chi connectivity index (χ3v) is 2.86. The first-order chi connectivity index (χ1) is 6.09. The Bertz CT molecular complexity index is 172. The molecule has 0 radical (unpaired) electrons. The van der Waals surface area contributed by atoms with Crippen LogP contribution in [0.15, 0.2) is 0 Å². The molecule has 0 aromatic carbocycles. The Labute approximate surface area is 86.7 Å². The fourth-order valence-electron chi connectivity index (χ4n) is 1.55. The van der Waals surface area contributed by atoms with E-state index >= 15 is 0 Å². The summed E-state index contributed by atoms with van der Waals surface area (Å²) in [6, 6.07) is 0.451. The molecule has 0 unspecified atom stereocenters. The monoisotopic (exact) mass is 200 g/mol. The van der Waals surface area contributed by atoms with Crippen LogP contribution in [0.1, 0.15) is 33.6 Å². The minimum absolute atomic E-state index is 0.451. The number of thiocarbonyl (C=S) groups is 1. The maximum atomic E-state index is 5.30. The molecular formula is C10H20N2S. The minimum Gasteiger partial charge on any atom is -0.360 e. The highest BCUT2D eigenvalue weighted by Crippen LogP contribution is 2.15. The molecule has 0 spiro atoms. The fraction of sp³-hybridized carbons (Fsp3) is 0.900. The average molecular weight is 200 g/mol. The maximum Gasteiger partial charge on any atom is 0.169 e. The summed E-state index contributed by atoms with van der Waals surface area (Å²) >= 11 is 5.30. The molecule has 0 saturated carbocycles. The molecule has 0 atom stereocenters. The molecule has 13 heavy (non-hydrogen) atoms. The molecule has 1 fully saturated rings. The lowest BCUT2D eigenvalue weighted by Gasteiger charge is -2.33. The molecule has 1 rings (SSSR count). The van der Waals surface area contributed by atoms with E-state index in [2.05, 4.69) is 31.0 Å². The minimum atomic E-state index is 0.451. The van der Waals surface area contributed by atoms with Crippen molar-refractivity contribution in [1.82, 2.24) is 10.2 Å². The first-order valence-corrected chi connectivity index (χ1v) is 5.56. The van der Waals surface area contributed by atoms with Crippen molar-refractivity contribution in [3.63, 3.8) is 0 Å². The van der Waals surface area contributed by atoms with E-state index < -0.39 is 0 Å². The Kier molecular flexibility index (Phi) is 3.97. The van der Waals surface area contributed by atoms with Crippen molar-refractivity contribution in [2.24, 2.45) is 5.92 Å². The van der Waals surface area contributed by atoms with Crippen molar-refractivity contribution in [2.75, 3.05) is 13.1 Å². The smallest absolute Gasteiger partial charge is 0.169 e. The summed E-state index contributed by atoms with van der Waals surface area (Å²) in [6.45, 7) is 8.81. The molecule has 76 valence electrons. The highest BCUT2D eigenvalue weighted by atomic mass is 32.1. The predicted molar refractivity (Wildman–Crippen MR) is 60.8 cm³/mol. The van der Waals surface area contributed by atoms with Crippen molar-refractivity contribution < 1.29 is 0 Å². The maximum absolute atomic E-state index is 5.30. The number of nitrogens with zero attached hydrogens (tertiary/aromatic N) is 1. The van der Waals surface area contributed by atoms with Crippen LogP contribution < -0.4 is 5.32 Å². The normalized spacial score (nSPS) is 19.2. The van der Waals surface area contributed by atoms with Gasteiger partial charge < -0.3 is 10.2 Å². The van der Waals surface area contributed by atoms with Crippen LogP contribution >= 0.6 is 12.2 Å². The highest BCUT2D eigenvalue weighted by Gasteiger charge is 2.17. The third kappa shape index (κ3) is 3.51. The zero-order valence-corrected chi connectivity index (χ0v) is 9.66. The van der Waals surface area contributed by atoms with Crippen LogP contribution in [0.2, 0.25) is 0 Å². The van der Waals surface area contributed by atoms with Gasteiger partial charge in [0, 0.05) is 19.1 Å². The molecule has 1 saturated heterocycles. The number of nitrogens with one attached hydrogen (secondary N) is 1. The van der Waals surface area contributed by atoms with Crippen LogP contribution in [0.3, 0.4) is 0 Å². The summed E-state index contributed by atoms with van der Waals surface area (Å²) < 4.78 is 0. The average Bonchev–Trinajstić information content (AvgIpc) is 2.04. The van der Waals surface area contributed by atoms with E-state index in [4.69, 9.17) is 12.2 Å². The zero-order valence-electron chi connectivity index (χ0n) is 8.84. The van der Waals surface area contributed by atoms with Crippen LogP contribution in [0.5, 0.6) is 0 Å². The highest BCUT2D eigenvalue weighted by molar-refractivity contribution is 7.80. The van der Waals surface area contributed by atoms with Gasteiger partial charge in [-0.05, 0) is 44.8 Å². The van der Waals surface area contributed by atoms with Gasteiger partial charge in [-0.1, -0.05) is 6.92 Å². The fourth-order valence-corrected chi connectivity index (χ4v) is 1.97. The SMILES string of the molecule is CC1CCN(C(=S)NC(C)C)CC1. The second-order valence-corrected chi connectivity index (χ2v) is 4.66. The van der Waals surface area contributed by atoms with Crippen LogP contribution in [-0.4, -0.2) is 29.1 Å². The van der Waals surface area contributed by atoms with Gasteiger partial charge in [0.05, 0.1) is 0 Å². The Morgan fingerprint density at radius 3 is 2.38 bits per heavy atom. The van der Waals surface area contributed by atoms with Gasteiger partial charge in [0.25, 0.3) is 0 Å². The molecule has 0 aromatic rings. The zero-order chi connectivity index (χ0) is 9.84. The van der Waals surface area contributed by atoms with Gasteiger partial charge in [0.2, 0.25) is 0 Å². The summed E-state index contributed by atoms with van der Waals surface area (Å²) in [5.74, 6) is 0.873. The quantitative estimate of drug-likeness (QED) is 0.652. The number of rotatable bonds is 1. The standard InChI is InChI=1S/C10H20N2S/c1-8(2)11-10(13)12-6-4-9(3)5-7-12/h8-9H,4-7H2,1-3H3,(H,11,13). The van der Waals surface area contributed by atoms with Crippen LogP contribution in [0.4, 0.5) is 0 Å². The molecule has 3 heteroatoms. The van der Waals surface area contributed by atoms with Crippen LogP contribution in [-0.2, 0) is 0 Å². The summed E-state index contributed by atoms with van der Waals surface area (Å²) in [5, 5.41) is 4.22. The summed E-state index contributed by atoms with van der Waals surface area (Å²) in [6.07, 6.45) is 2.56. The molecule has 1 heterocycles. The topological polar surface area (TPSA) is 15.3 Å². The summed E-state index contributed by atoms with van der Waals surface area (Å²) in [4.78, 5) is 2.29. The molecular weight excluding hydrogens is 180 g/mol. The van der Waals surface area contributed by atoms with Crippen molar-refractivity contribution in [3.05, 3.63) is 0 Å². The van der Waals surface area contributed by atoms with Crippen LogP contribution in [0.25, 0.3) is 0 Å². The van der Waals surface area contributed by atoms with Crippen molar-refractivity contribution in [3.8, 4) is 0 Å². The van der Waals surface area contributed by atoms with E-state index in [0.29, 0.717) is 6.04 Å². The van der Waals surface area contributed by atoms with Gasteiger partial charge in [-0.3, -0.25) is 0 Å².